The molecule has 1 fully saturated rings. The van der Waals surface area contributed by atoms with Crippen LogP contribution in [0.2, 0.25) is 0 Å². The maximum absolute atomic E-state index is 12.4. The minimum Gasteiger partial charge on any atom is -0.259 e. The fraction of sp³-hybridized carbons (Fsp3) is 0.600. The molecule has 0 saturated carbocycles. The summed E-state index contributed by atoms with van der Waals surface area (Å²) in [6, 6.07) is 1.65. The van der Waals surface area contributed by atoms with E-state index in [4.69, 9.17) is 11.6 Å². The summed E-state index contributed by atoms with van der Waals surface area (Å²) in [5.41, 5.74) is 0. The zero-order valence-corrected chi connectivity index (χ0v) is 13.1. The number of sulfonamides is 1. The lowest BCUT2D eigenvalue weighted by atomic mass is 10.4. The molecule has 18 heavy (non-hydrogen) atoms. The van der Waals surface area contributed by atoms with Gasteiger partial charge in [-0.05, 0) is 13.0 Å². The predicted molar refractivity (Wildman–Crippen MR) is 75.2 cm³/mol. The average Bonchev–Trinajstić information content (AvgIpc) is 2.72. The standard InChI is InChI=1S/C10H14ClNO3S3/c1-8-10(6-9(7-11)16-8)18(14,15)12-2-4-17(13)5-3-12/h6H,2-5,7H2,1H3. The Bertz CT molecular complexity index is 557. The molecule has 2 rings (SSSR count). The van der Waals surface area contributed by atoms with Crippen LogP contribution in [0.25, 0.3) is 0 Å². The Morgan fingerprint density at radius 2 is 2.06 bits per heavy atom. The molecule has 0 radical (unpaired) electrons. The minimum absolute atomic E-state index is 0.324. The Labute approximate surface area is 118 Å². The van der Waals surface area contributed by atoms with Crippen LogP contribution in [0, 0.1) is 6.92 Å². The van der Waals surface area contributed by atoms with Crippen molar-refractivity contribution < 1.29 is 12.6 Å². The van der Waals surface area contributed by atoms with Crippen molar-refractivity contribution in [3.63, 3.8) is 0 Å². The Morgan fingerprint density at radius 1 is 1.44 bits per heavy atom. The maximum Gasteiger partial charge on any atom is 0.244 e. The smallest absolute Gasteiger partial charge is 0.244 e. The first-order valence-electron chi connectivity index (χ1n) is 5.45. The lowest BCUT2D eigenvalue weighted by Gasteiger charge is -2.25. The van der Waals surface area contributed by atoms with Gasteiger partial charge in [0.2, 0.25) is 10.0 Å². The Kier molecular flexibility index (Phi) is 4.48. The molecule has 0 amide bonds. The molecule has 0 spiro atoms. The van der Waals surface area contributed by atoms with Gasteiger partial charge < -0.3 is 0 Å². The van der Waals surface area contributed by atoms with Crippen LogP contribution in [0.1, 0.15) is 9.75 Å². The van der Waals surface area contributed by atoms with Gasteiger partial charge in [0.1, 0.15) is 0 Å². The second kappa shape index (κ2) is 5.58. The van der Waals surface area contributed by atoms with Crippen molar-refractivity contribution in [2.75, 3.05) is 24.6 Å². The molecule has 1 saturated heterocycles. The highest BCUT2D eigenvalue weighted by Gasteiger charge is 2.30. The van der Waals surface area contributed by atoms with Gasteiger partial charge in [0.05, 0.1) is 10.8 Å². The Morgan fingerprint density at radius 3 is 2.56 bits per heavy atom. The van der Waals surface area contributed by atoms with Gasteiger partial charge in [-0.1, -0.05) is 0 Å². The van der Waals surface area contributed by atoms with Crippen molar-refractivity contribution in [1.29, 1.82) is 0 Å². The highest BCUT2D eigenvalue weighted by molar-refractivity contribution is 7.89. The first kappa shape index (κ1) is 14.5. The molecule has 4 nitrogen and oxygen atoms in total. The van der Waals surface area contributed by atoms with Crippen molar-refractivity contribution >= 4 is 43.8 Å². The zero-order valence-electron chi connectivity index (χ0n) is 9.89. The van der Waals surface area contributed by atoms with Crippen molar-refractivity contribution in [3.8, 4) is 0 Å². The molecular formula is C10H14ClNO3S3. The highest BCUT2D eigenvalue weighted by atomic mass is 35.5. The van der Waals surface area contributed by atoms with E-state index < -0.39 is 20.8 Å². The molecule has 2 heterocycles. The quantitative estimate of drug-likeness (QED) is 0.791. The monoisotopic (exact) mass is 327 g/mol. The number of nitrogens with zero attached hydrogens (tertiary/aromatic N) is 1. The van der Waals surface area contributed by atoms with E-state index in [-0.39, 0.29) is 0 Å². The molecule has 102 valence electrons. The van der Waals surface area contributed by atoms with Gasteiger partial charge in [-0.2, -0.15) is 4.31 Å². The summed E-state index contributed by atoms with van der Waals surface area (Å²) in [6.07, 6.45) is 0. The normalized spacial score (nSPS) is 19.2. The molecule has 8 heteroatoms. The molecule has 0 aromatic carbocycles. The van der Waals surface area contributed by atoms with E-state index in [0.717, 1.165) is 9.75 Å². The molecule has 1 aromatic rings. The summed E-state index contributed by atoms with van der Waals surface area (Å²) in [6.45, 7) is 2.45. The largest absolute Gasteiger partial charge is 0.259 e. The second-order valence-electron chi connectivity index (χ2n) is 4.02. The zero-order chi connectivity index (χ0) is 13.3. The van der Waals surface area contributed by atoms with E-state index in [0.29, 0.717) is 35.4 Å². The third-order valence-electron chi connectivity index (χ3n) is 2.81. The minimum atomic E-state index is -3.45. The van der Waals surface area contributed by atoms with Crippen LogP contribution < -0.4 is 0 Å². The molecule has 1 aliphatic rings. The summed E-state index contributed by atoms with van der Waals surface area (Å²) in [7, 11) is -4.33. The maximum atomic E-state index is 12.4. The van der Waals surface area contributed by atoms with Gasteiger partial charge in [0.25, 0.3) is 0 Å². The third-order valence-corrected chi connectivity index (χ3v) is 7.74. The first-order valence-corrected chi connectivity index (χ1v) is 9.73. The number of hydrogen-bond donors (Lipinski definition) is 0. The Hall–Kier alpha value is 0.0500. The van der Waals surface area contributed by atoms with Crippen LogP contribution in [0.4, 0.5) is 0 Å². The topological polar surface area (TPSA) is 54.5 Å². The van der Waals surface area contributed by atoms with E-state index in [2.05, 4.69) is 0 Å². The lowest BCUT2D eigenvalue weighted by molar-refractivity contribution is 0.438. The molecule has 0 aliphatic carbocycles. The van der Waals surface area contributed by atoms with Gasteiger partial charge in [0, 0.05) is 45.1 Å². The van der Waals surface area contributed by atoms with Crippen LogP contribution in [-0.4, -0.2) is 41.5 Å². The molecule has 0 N–H and O–H groups in total. The number of halogens is 1. The molecule has 1 aliphatic heterocycles. The van der Waals surface area contributed by atoms with Gasteiger partial charge in [-0.25, -0.2) is 8.42 Å². The van der Waals surface area contributed by atoms with Crippen LogP contribution >= 0.6 is 22.9 Å². The molecule has 0 atom stereocenters. The molecule has 0 bridgehead atoms. The number of alkyl halides is 1. The summed E-state index contributed by atoms with van der Waals surface area (Å²) in [4.78, 5) is 1.96. The molecular weight excluding hydrogens is 314 g/mol. The number of thiophene rings is 1. The lowest BCUT2D eigenvalue weighted by Crippen LogP contribution is -2.41. The van der Waals surface area contributed by atoms with Crippen molar-refractivity contribution in [2.45, 2.75) is 17.7 Å². The van der Waals surface area contributed by atoms with Gasteiger partial charge in [-0.3, -0.25) is 4.21 Å². The average molecular weight is 328 g/mol. The van der Waals surface area contributed by atoms with Crippen LogP contribution in [-0.2, 0) is 26.7 Å². The van der Waals surface area contributed by atoms with Gasteiger partial charge in [0.15, 0.2) is 0 Å². The fourth-order valence-corrected chi connectivity index (χ4v) is 6.27. The van der Waals surface area contributed by atoms with Gasteiger partial charge >= 0.3 is 0 Å². The van der Waals surface area contributed by atoms with E-state index in [1.165, 1.54) is 15.6 Å². The number of rotatable bonds is 3. The third kappa shape index (κ3) is 2.80. The number of aryl methyl sites for hydroxylation is 1. The van der Waals surface area contributed by atoms with E-state index in [1.807, 2.05) is 0 Å². The van der Waals surface area contributed by atoms with Crippen molar-refractivity contribution in [1.82, 2.24) is 4.31 Å². The van der Waals surface area contributed by atoms with Crippen molar-refractivity contribution in [3.05, 3.63) is 15.8 Å². The first-order chi connectivity index (χ1) is 8.45. The summed E-state index contributed by atoms with van der Waals surface area (Å²) >= 11 is 7.14. The highest BCUT2D eigenvalue weighted by Crippen LogP contribution is 2.29. The van der Waals surface area contributed by atoms with Gasteiger partial charge in [-0.15, -0.1) is 22.9 Å². The van der Waals surface area contributed by atoms with E-state index in [9.17, 15) is 12.6 Å². The second-order valence-corrected chi connectivity index (χ2v) is 9.23. The predicted octanol–water partition coefficient (Wildman–Crippen LogP) is 1.55. The van der Waals surface area contributed by atoms with Crippen LogP contribution in [0.3, 0.4) is 0 Å². The van der Waals surface area contributed by atoms with Crippen LogP contribution in [0.5, 0.6) is 0 Å². The Balaban J connectivity index is 2.30. The fourth-order valence-electron chi connectivity index (χ4n) is 1.85. The SMILES string of the molecule is Cc1sc(CCl)cc1S(=O)(=O)N1CCS(=O)CC1. The van der Waals surface area contributed by atoms with Crippen LogP contribution in [0.15, 0.2) is 11.0 Å². The number of hydrogen-bond acceptors (Lipinski definition) is 4. The summed E-state index contributed by atoms with van der Waals surface area (Å²) < 4.78 is 37.6. The van der Waals surface area contributed by atoms with Crippen molar-refractivity contribution in [2.24, 2.45) is 0 Å². The molecule has 0 unspecified atom stereocenters. The summed E-state index contributed by atoms with van der Waals surface area (Å²) in [5.74, 6) is 1.17. The van der Waals surface area contributed by atoms with E-state index in [1.54, 1.807) is 13.0 Å². The molecule has 1 aromatic heterocycles. The summed E-state index contributed by atoms with van der Waals surface area (Å²) in [5, 5.41) is 0. The van der Waals surface area contributed by atoms with E-state index >= 15 is 0 Å².